The Bertz CT molecular complexity index is 935. The van der Waals surface area contributed by atoms with Crippen LogP contribution in [-0.4, -0.2) is 22.6 Å². The Morgan fingerprint density at radius 1 is 1.08 bits per heavy atom. The number of aryl methyl sites for hydroxylation is 4. The van der Waals surface area contributed by atoms with E-state index < -0.39 is 0 Å². The Hall–Kier alpha value is -2.06. The Morgan fingerprint density at radius 2 is 1.92 bits per heavy atom. The van der Waals surface area contributed by atoms with Crippen molar-refractivity contribution < 1.29 is 0 Å². The van der Waals surface area contributed by atoms with Gasteiger partial charge in [0.05, 0.1) is 0 Å². The fourth-order valence-electron chi connectivity index (χ4n) is 4.36. The first-order valence-electron chi connectivity index (χ1n) is 9.95. The summed E-state index contributed by atoms with van der Waals surface area (Å²) < 4.78 is 2.61. The van der Waals surface area contributed by atoms with Crippen molar-refractivity contribution in [1.82, 2.24) is 9.47 Å². The van der Waals surface area contributed by atoms with Crippen LogP contribution in [0.15, 0.2) is 42.5 Å². The first-order valence-corrected chi connectivity index (χ1v) is 9.95. The molecule has 0 spiro atoms. The minimum absolute atomic E-state index is 0.607. The molecule has 1 unspecified atom stereocenters. The molecule has 0 saturated heterocycles. The van der Waals surface area contributed by atoms with E-state index in [0.717, 1.165) is 32.4 Å². The molecule has 3 aromatic rings. The monoisotopic (exact) mass is 346 g/mol. The number of hydrogen-bond donors (Lipinski definition) is 0. The highest BCUT2D eigenvalue weighted by atomic mass is 15.1. The lowest BCUT2D eigenvalue weighted by Gasteiger charge is -2.31. The van der Waals surface area contributed by atoms with Gasteiger partial charge < -0.3 is 4.57 Å². The number of aromatic nitrogens is 1. The second kappa shape index (κ2) is 6.92. The van der Waals surface area contributed by atoms with Crippen molar-refractivity contribution in [3.05, 3.63) is 70.4 Å². The van der Waals surface area contributed by atoms with Crippen molar-refractivity contribution >= 4 is 10.9 Å². The highest BCUT2D eigenvalue weighted by Crippen LogP contribution is 2.33. The lowest BCUT2D eigenvalue weighted by Crippen LogP contribution is -2.35. The zero-order valence-corrected chi connectivity index (χ0v) is 16.5. The Kier molecular flexibility index (Phi) is 4.62. The van der Waals surface area contributed by atoms with Crippen molar-refractivity contribution in [1.29, 1.82) is 0 Å². The lowest BCUT2D eigenvalue weighted by atomic mass is 9.99. The molecule has 4 rings (SSSR count). The van der Waals surface area contributed by atoms with Crippen molar-refractivity contribution in [2.45, 2.75) is 59.2 Å². The van der Waals surface area contributed by atoms with Gasteiger partial charge in [-0.3, -0.25) is 4.90 Å². The van der Waals surface area contributed by atoms with E-state index in [2.05, 4.69) is 79.8 Å². The third-order valence-electron chi connectivity index (χ3n) is 6.11. The van der Waals surface area contributed by atoms with Crippen LogP contribution in [0.2, 0.25) is 0 Å². The Labute approximate surface area is 157 Å². The molecule has 1 aromatic heterocycles. The van der Waals surface area contributed by atoms with E-state index in [4.69, 9.17) is 0 Å². The van der Waals surface area contributed by atoms with Gasteiger partial charge in [-0.25, -0.2) is 0 Å². The molecule has 0 radical (unpaired) electrons. The summed E-state index contributed by atoms with van der Waals surface area (Å²) in [5.74, 6) is 0. The van der Waals surface area contributed by atoms with Crippen LogP contribution < -0.4 is 0 Å². The topological polar surface area (TPSA) is 8.17 Å². The molecule has 0 saturated carbocycles. The first-order chi connectivity index (χ1) is 12.6. The summed E-state index contributed by atoms with van der Waals surface area (Å²) in [6, 6.07) is 16.6. The van der Waals surface area contributed by atoms with Gasteiger partial charge in [0.2, 0.25) is 0 Å². The fourth-order valence-corrected chi connectivity index (χ4v) is 4.36. The van der Waals surface area contributed by atoms with Gasteiger partial charge in [0.15, 0.2) is 0 Å². The summed E-state index contributed by atoms with van der Waals surface area (Å²) in [6.45, 7) is 8.91. The van der Waals surface area contributed by atoms with E-state index in [0.29, 0.717) is 6.04 Å². The minimum Gasteiger partial charge on any atom is -0.344 e. The molecule has 1 atom stereocenters. The summed E-state index contributed by atoms with van der Waals surface area (Å²) >= 11 is 0. The summed E-state index contributed by atoms with van der Waals surface area (Å²) in [5, 5.41) is 1.47. The minimum atomic E-state index is 0.607. The molecule has 136 valence electrons. The normalized spacial score (nSPS) is 17.6. The molecule has 0 N–H and O–H groups in total. The maximum atomic E-state index is 2.61. The summed E-state index contributed by atoms with van der Waals surface area (Å²) in [6.07, 6.45) is 3.35. The van der Waals surface area contributed by atoms with Crippen LogP contribution in [0.4, 0.5) is 0 Å². The average Bonchev–Trinajstić information content (AvgIpc) is 2.92. The van der Waals surface area contributed by atoms with Gasteiger partial charge in [-0.1, -0.05) is 42.8 Å². The number of hydrogen-bond acceptors (Lipinski definition) is 1. The summed E-state index contributed by atoms with van der Waals surface area (Å²) in [5.41, 5.74) is 8.77. The quantitative estimate of drug-likeness (QED) is 0.636. The molecule has 0 aliphatic carbocycles. The zero-order chi connectivity index (χ0) is 18.3. The van der Waals surface area contributed by atoms with E-state index in [1.54, 1.807) is 11.3 Å². The lowest BCUT2D eigenvalue weighted by molar-refractivity contribution is 0.228. The third kappa shape index (κ3) is 3.07. The predicted octanol–water partition coefficient (Wildman–Crippen LogP) is 5.13. The number of nitrogens with zero attached hydrogens (tertiary/aromatic N) is 2. The molecule has 0 fully saturated rings. The van der Waals surface area contributed by atoms with Crippen LogP contribution in [0.3, 0.4) is 0 Å². The smallest absolute Gasteiger partial charge is 0.0486 e. The maximum Gasteiger partial charge on any atom is 0.0486 e. The molecule has 2 heteroatoms. The van der Waals surface area contributed by atoms with Crippen molar-refractivity contribution in [2.24, 2.45) is 0 Å². The third-order valence-corrected chi connectivity index (χ3v) is 6.11. The second-order valence-electron chi connectivity index (χ2n) is 7.99. The molecule has 1 aliphatic rings. The molecule has 0 bridgehead atoms. The highest BCUT2D eigenvalue weighted by molar-refractivity contribution is 5.86. The molecule has 2 aromatic carbocycles. The number of fused-ring (bicyclic) bond motifs is 3. The molecule has 2 nitrogen and oxygen atoms in total. The number of benzene rings is 2. The predicted molar refractivity (Wildman–Crippen MR) is 111 cm³/mol. The molecular weight excluding hydrogens is 316 g/mol. The zero-order valence-electron chi connectivity index (χ0n) is 16.5. The molecule has 1 aliphatic heterocycles. The summed E-state index contributed by atoms with van der Waals surface area (Å²) in [7, 11) is 2.26. The maximum absolute atomic E-state index is 2.61. The van der Waals surface area contributed by atoms with Crippen LogP contribution in [0.1, 0.15) is 41.8 Å². The van der Waals surface area contributed by atoms with Gasteiger partial charge in [0, 0.05) is 42.1 Å². The summed E-state index contributed by atoms with van der Waals surface area (Å²) in [4.78, 5) is 2.49. The standard InChI is InChI=1S/C24H30N2/c1-5-19-9-10-23-21(15-19)22-16-25(4)18(3)14-24(22)26(23)12-11-20-8-6-7-17(2)13-20/h6-10,13,15,18H,5,11-12,14,16H2,1-4H3. The van der Waals surface area contributed by atoms with E-state index in [-0.39, 0.29) is 0 Å². The fraction of sp³-hybridized carbons (Fsp3) is 0.417. The van der Waals surface area contributed by atoms with Crippen molar-refractivity contribution in [3.8, 4) is 0 Å². The van der Waals surface area contributed by atoms with Gasteiger partial charge in [-0.05, 0) is 62.6 Å². The van der Waals surface area contributed by atoms with Crippen molar-refractivity contribution in [3.63, 3.8) is 0 Å². The van der Waals surface area contributed by atoms with Crippen LogP contribution in [0.25, 0.3) is 10.9 Å². The SMILES string of the molecule is CCc1ccc2c(c1)c1c(n2CCc2cccc(C)c2)CC(C)N(C)C1. The van der Waals surface area contributed by atoms with Crippen LogP contribution in [0.5, 0.6) is 0 Å². The van der Waals surface area contributed by atoms with E-state index in [9.17, 15) is 0 Å². The Balaban J connectivity index is 1.76. The number of likely N-dealkylation sites (N-methyl/N-ethyl adjacent to an activating group) is 1. The highest BCUT2D eigenvalue weighted by Gasteiger charge is 2.26. The van der Waals surface area contributed by atoms with Crippen LogP contribution in [0, 0.1) is 6.92 Å². The molecular formula is C24H30N2. The van der Waals surface area contributed by atoms with Crippen LogP contribution in [-0.2, 0) is 32.4 Å². The molecule has 2 heterocycles. The van der Waals surface area contributed by atoms with E-state index in [1.807, 2.05) is 0 Å². The Morgan fingerprint density at radius 3 is 2.69 bits per heavy atom. The van der Waals surface area contributed by atoms with Gasteiger partial charge in [-0.2, -0.15) is 0 Å². The van der Waals surface area contributed by atoms with Gasteiger partial charge in [0.1, 0.15) is 0 Å². The van der Waals surface area contributed by atoms with Crippen molar-refractivity contribution in [2.75, 3.05) is 7.05 Å². The van der Waals surface area contributed by atoms with Crippen LogP contribution >= 0.6 is 0 Å². The van der Waals surface area contributed by atoms with Gasteiger partial charge in [0.25, 0.3) is 0 Å². The van der Waals surface area contributed by atoms with E-state index >= 15 is 0 Å². The second-order valence-corrected chi connectivity index (χ2v) is 7.99. The molecule has 26 heavy (non-hydrogen) atoms. The first kappa shape index (κ1) is 17.4. The largest absolute Gasteiger partial charge is 0.344 e. The average molecular weight is 347 g/mol. The van der Waals surface area contributed by atoms with Gasteiger partial charge >= 0.3 is 0 Å². The van der Waals surface area contributed by atoms with Gasteiger partial charge in [-0.15, -0.1) is 0 Å². The molecule has 0 amide bonds. The number of rotatable bonds is 4. The van der Waals surface area contributed by atoms with E-state index in [1.165, 1.54) is 27.6 Å².